The summed E-state index contributed by atoms with van der Waals surface area (Å²) in [6.07, 6.45) is 0.734. The van der Waals surface area contributed by atoms with E-state index in [0.717, 1.165) is 0 Å². The van der Waals surface area contributed by atoms with Crippen molar-refractivity contribution in [2.45, 2.75) is 39.7 Å². The van der Waals surface area contributed by atoms with E-state index in [1.807, 2.05) is 13.8 Å². The molecule has 0 bridgehead atoms. The second-order valence-corrected chi connectivity index (χ2v) is 4.11. The first kappa shape index (κ1) is 15.1. The predicted octanol–water partition coefficient (Wildman–Crippen LogP) is 2.87. The average molecular weight is 270 g/mol. The van der Waals surface area contributed by atoms with E-state index in [1.165, 1.54) is 6.07 Å². The van der Waals surface area contributed by atoms with Crippen LogP contribution in [0.1, 0.15) is 35.1 Å². The van der Waals surface area contributed by atoms with Gasteiger partial charge in [0.15, 0.2) is 0 Å². The van der Waals surface area contributed by atoms with Gasteiger partial charge in [-0.3, -0.25) is 14.9 Å². The number of aryl methyl sites for hydroxylation is 1. The van der Waals surface area contributed by atoms with Crippen molar-refractivity contribution in [3.8, 4) is 0 Å². The number of rotatable bonds is 2. The molecule has 1 fully saturated rings. The highest BCUT2D eigenvalue weighted by Crippen LogP contribution is 2.17. The number of hydrogen-bond donors (Lipinski definition) is 2. The third-order valence-corrected chi connectivity index (χ3v) is 2.75. The lowest BCUT2D eigenvalue weighted by atomic mass is 10.1. The number of nitrogens with one attached hydrogen (secondary N) is 2. The Labute approximate surface area is 115 Å². The lowest BCUT2D eigenvalue weighted by Gasteiger charge is -2.22. The van der Waals surface area contributed by atoms with Crippen LogP contribution >= 0.6 is 0 Å². The molecule has 0 aromatic heterocycles. The fourth-order valence-electron chi connectivity index (χ4n) is 1.72. The molecule has 1 atom stereocenters. The third kappa shape index (κ3) is 4.05. The summed E-state index contributed by atoms with van der Waals surface area (Å²) in [5, 5.41) is 5.16. The molecule has 1 aromatic carbocycles. The Morgan fingerprint density at radius 1 is 1.37 bits per heavy atom. The van der Waals surface area contributed by atoms with Crippen LogP contribution in [0.5, 0.6) is 0 Å². The molecule has 0 radical (unpaired) electrons. The van der Waals surface area contributed by atoms with Crippen molar-refractivity contribution < 1.29 is 16.8 Å². The van der Waals surface area contributed by atoms with Gasteiger partial charge in [-0.15, -0.1) is 0 Å². The van der Waals surface area contributed by atoms with Crippen molar-refractivity contribution in [1.29, 1.82) is 0 Å². The van der Waals surface area contributed by atoms with E-state index in [9.17, 15) is 14.0 Å². The number of piperidine rings is 1. The number of amides is 2. The first-order valence-corrected chi connectivity index (χ1v) is 6.42. The molecule has 4 nitrogen and oxygen atoms in total. The minimum absolute atomic E-state index is 0. The minimum Gasteiger partial charge on any atom is -0.374 e. The Bertz CT molecular complexity index is 484. The van der Waals surface area contributed by atoms with Gasteiger partial charge in [0.1, 0.15) is 11.9 Å². The zero-order chi connectivity index (χ0) is 14.4. The number of anilines is 1. The highest BCUT2D eigenvalue weighted by atomic mass is 19.1. The van der Waals surface area contributed by atoms with Crippen molar-refractivity contribution >= 4 is 17.5 Å². The van der Waals surface area contributed by atoms with E-state index in [0.29, 0.717) is 24.1 Å². The maximum atomic E-state index is 13.3. The molecule has 1 aliphatic heterocycles. The van der Waals surface area contributed by atoms with Gasteiger partial charge in [0.05, 0.1) is 0 Å². The van der Waals surface area contributed by atoms with Gasteiger partial charge in [-0.05, 0) is 31.0 Å². The smallest absolute Gasteiger partial charge is 0.249 e. The molecule has 19 heavy (non-hydrogen) atoms. The fraction of sp³-hybridized carbons (Fsp3) is 0.429. The van der Waals surface area contributed by atoms with Gasteiger partial charge in [-0.1, -0.05) is 19.9 Å². The zero-order valence-electron chi connectivity index (χ0n) is 11.4. The van der Waals surface area contributed by atoms with Gasteiger partial charge in [0, 0.05) is 15.0 Å². The number of benzene rings is 1. The SMILES string of the molecule is CC.Cc1ccc(NC2CCC(=O)NC2=O)cc1F.[HH].[HH]. The lowest BCUT2D eigenvalue weighted by Crippen LogP contribution is -2.47. The number of carbonyl (C=O) groups excluding carboxylic acids is 2. The molecule has 1 unspecified atom stereocenters. The third-order valence-electron chi connectivity index (χ3n) is 2.75. The van der Waals surface area contributed by atoms with E-state index in [4.69, 9.17) is 0 Å². The first-order chi connectivity index (χ1) is 9.06. The summed E-state index contributed by atoms with van der Waals surface area (Å²) >= 11 is 0. The van der Waals surface area contributed by atoms with Crippen molar-refractivity contribution in [3.63, 3.8) is 0 Å². The monoisotopic (exact) mass is 270 g/mol. The topological polar surface area (TPSA) is 58.2 Å². The van der Waals surface area contributed by atoms with Crippen LogP contribution in [0.4, 0.5) is 10.1 Å². The number of hydrogen-bond acceptors (Lipinski definition) is 3. The Kier molecular flexibility index (Phi) is 5.48. The number of halogens is 1. The summed E-state index contributed by atoms with van der Waals surface area (Å²) in [4.78, 5) is 22.4. The second-order valence-electron chi connectivity index (χ2n) is 4.11. The van der Waals surface area contributed by atoms with Crippen LogP contribution in [0.3, 0.4) is 0 Å². The molecule has 0 spiro atoms. The minimum atomic E-state index is -0.477. The molecule has 108 valence electrons. The molecule has 5 heteroatoms. The van der Waals surface area contributed by atoms with Crippen LogP contribution in [0.2, 0.25) is 0 Å². The zero-order valence-corrected chi connectivity index (χ0v) is 11.4. The molecule has 2 amide bonds. The standard InChI is InChI=1S/C12H13FN2O2.C2H6.2H2/c1-7-2-3-8(6-9(7)13)14-10-4-5-11(16)15-12(10)17;1-2;;/h2-3,6,10,14H,4-5H2,1H3,(H,15,16,17);1-2H3;2*1H. The van der Waals surface area contributed by atoms with Crippen LogP contribution in [0, 0.1) is 12.7 Å². The van der Waals surface area contributed by atoms with Crippen molar-refractivity contribution in [3.05, 3.63) is 29.6 Å². The van der Waals surface area contributed by atoms with Crippen molar-refractivity contribution in [1.82, 2.24) is 5.32 Å². The molecule has 2 N–H and O–H groups in total. The summed E-state index contributed by atoms with van der Waals surface area (Å²) in [6, 6.07) is 4.22. The van der Waals surface area contributed by atoms with Crippen LogP contribution < -0.4 is 10.6 Å². The summed E-state index contributed by atoms with van der Waals surface area (Å²) in [5.41, 5.74) is 1.10. The van der Waals surface area contributed by atoms with Crippen LogP contribution in [-0.2, 0) is 9.59 Å². The summed E-state index contributed by atoms with van der Waals surface area (Å²) in [7, 11) is 0. The van der Waals surface area contributed by atoms with Crippen molar-refractivity contribution in [2.24, 2.45) is 0 Å². The molecule has 2 rings (SSSR count). The number of imide groups is 1. The molecular formula is C14H23FN2O2. The van der Waals surface area contributed by atoms with Crippen molar-refractivity contribution in [2.75, 3.05) is 5.32 Å². The largest absolute Gasteiger partial charge is 0.374 e. The average Bonchev–Trinajstić information content (AvgIpc) is 2.39. The quantitative estimate of drug-likeness (QED) is 0.812. The van der Waals surface area contributed by atoms with Crippen LogP contribution in [0.25, 0.3) is 0 Å². The molecule has 0 saturated carbocycles. The second kappa shape index (κ2) is 6.87. The van der Waals surface area contributed by atoms with Gasteiger partial charge < -0.3 is 5.32 Å². The lowest BCUT2D eigenvalue weighted by molar-refractivity contribution is -0.133. The number of carbonyl (C=O) groups is 2. The molecule has 1 heterocycles. The van der Waals surface area contributed by atoms with Gasteiger partial charge in [-0.2, -0.15) is 0 Å². The van der Waals surface area contributed by atoms with E-state index in [1.54, 1.807) is 19.1 Å². The highest BCUT2D eigenvalue weighted by molar-refractivity contribution is 6.01. The molecule has 0 aliphatic carbocycles. The van der Waals surface area contributed by atoms with Crippen LogP contribution in [-0.4, -0.2) is 17.9 Å². The van der Waals surface area contributed by atoms with Crippen LogP contribution in [0.15, 0.2) is 18.2 Å². The van der Waals surface area contributed by atoms with E-state index < -0.39 is 6.04 Å². The van der Waals surface area contributed by atoms with E-state index in [2.05, 4.69) is 10.6 Å². The molecule has 1 aromatic rings. The normalized spacial score (nSPS) is 18.2. The Balaban J connectivity index is 0. The molecule has 1 saturated heterocycles. The Morgan fingerprint density at radius 3 is 2.63 bits per heavy atom. The molecular weight excluding hydrogens is 247 g/mol. The van der Waals surface area contributed by atoms with Gasteiger partial charge >= 0.3 is 0 Å². The van der Waals surface area contributed by atoms with Gasteiger partial charge in [0.25, 0.3) is 0 Å². The summed E-state index contributed by atoms with van der Waals surface area (Å²) < 4.78 is 13.3. The van der Waals surface area contributed by atoms with Gasteiger partial charge in [0.2, 0.25) is 11.8 Å². The maximum absolute atomic E-state index is 13.3. The van der Waals surface area contributed by atoms with E-state index >= 15 is 0 Å². The highest BCUT2D eigenvalue weighted by Gasteiger charge is 2.26. The first-order valence-electron chi connectivity index (χ1n) is 6.42. The van der Waals surface area contributed by atoms with E-state index in [-0.39, 0.29) is 20.5 Å². The maximum Gasteiger partial charge on any atom is 0.249 e. The summed E-state index contributed by atoms with van der Waals surface area (Å²) in [5.74, 6) is -0.937. The Morgan fingerprint density at radius 2 is 2.05 bits per heavy atom. The fourth-order valence-corrected chi connectivity index (χ4v) is 1.72. The molecule has 1 aliphatic rings. The summed E-state index contributed by atoms with van der Waals surface area (Å²) in [6.45, 7) is 5.67. The Hall–Kier alpha value is -1.91. The predicted molar refractivity (Wildman–Crippen MR) is 76.5 cm³/mol. The van der Waals surface area contributed by atoms with Gasteiger partial charge in [-0.25, -0.2) is 4.39 Å².